The average molecular weight is 478 g/mol. The summed E-state index contributed by atoms with van der Waals surface area (Å²) in [5.41, 5.74) is 4.21. The molecular formula is C26H27N3O4S. The first-order chi connectivity index (χ1) is 16.4. The molecule has 3 amide bonds. The van der Waals surface area contributed by atoms with Crippen LogP contribution < -0.4 is 15.4 Å². The van der Waals surface area contributed by atoms with E-state index in [0.717, 1.165) is 33.0 Å². The largest absolute Gasteiger partial charge is 0.612 e. The molecule has 0 radical (unpaired) electrons. The highest BCUT2D eigenvalue weighted by Gasteiger charge is 2.23. The number of benzene rings is 3. The van der Waals surface area contributed by atoms with Gasteiger partial charge < -0.3 is 24.8 Å². The Morgan fingerprint density at radius 3 is 2.47 bits per heavy atom. The average Bonchev–Trinajstić information content (AvgIpc) is 2.86. The molecule has 0 aromatic heterocycles. The Hall–Kier alpha value is -3.49. The number of carbonyl (C=O) groups is 2. The van der Waals surface area contributed by atoms with E-state index in [4.69, 9.17) is 4.74 Å². The third-order valence-corrected chi connectivity index (χ3v) is 6.73. The van der Waals surface area contributed by atoms with Crippen molar-refractivity contribution in [2.75, 3.05) is 25.2 Å². The van der Waals surface area contributed by atoms with Crippen molar-refractivity contribution in [3.05, 3.63) is 89.0 Å². The predicted octanol–water partition coefficient (Wildman–Crippen LogP) is 3.95. The fourth-order valence-electron chi connectivity index (χ4n) is 3.78. The minimum atomic E-state index is -1.01. The fourth-order valence-corrected chi connectivity index (χ4v) is 4.30. The molecule has 34 heavy (non-hydrogen) atoms. The molecule has 2 N–H and O–H groups in total. The lowest BCUT2D eigenvalue weighted by Gasteiger charge is -2.29. The molecule has 1 atom stereocenters. The topological polar surface area (TPSA) is 93.7 Å². The quantitative estimate of drug-likeness (QED) is 0.481. The molecule has 1 heterocycles. The maximum atomic E-state index is 12.7. The van der Waals surface area contributed by atoms with Gasteiger partial charge in [-0.25, -0.2) is 4.79 Å². The van der Waals surface area contributed by atoms with Crippen LogP contribution in [0.3, 0.4) is 0 Å². The number of ether oxygens (including phenoxy) is 1. The number of anilines is 1. The third-order valence-electron chi connectivity index (χ3n) is 5.80. The van der Waals surface area contributed by atoms with E-state index in [-0.39, 0.29) is 11.9 Å². The van der Waals surface area contributed by atoms with Gasteiger partial charge in [-0.05, 0) is 76.8 Å². The van der Waals surface area contributed by atoms with Crippen LogP contribution in [0.5, 0.6) is 5.75 Å². The number of hydrogen-bond donors (Lipinski definition) is 2. The van der Waals surface area contributed by atoms with Crippen LogP contribution in [0, 0.1) is 0 Å². The van der Waals surface area contributed by atoms with Crippen molar-refractivity contribution in [3.8, 4) is 5.75 Å². The van der Waals surface area contributed by atoms with Crippen LogP contribution in [0.25, 0.3) is 0 Å². The van der Waals surface area contributed by atoms with Gasteiger partial charge in [0, 0.05) is 30.9 Å². The molecule has 0 spiro atoms. The van der Waals surface area contributed by atoms with Crippen LogP contribution in [0.4, 0.5) is 10.5 Å². The monoisotopic (exact) mass is 477 g/mol. The molecule has 8 heteroatoms. The zero-order valence-corrected chi connectivity index (χ0v) is 20.0. The summed E-state index contributed by atoms with van der Waals surface area (Å²) < 4.78 is 16.7. The normalized spacial score (nSPS) is 13.6. The zero-order valence-electron chi connectivity index (χ0n) is 19.2. The van der Waals surface area contributed by atoms with E-state index in [1.807, 2.05) is 54.6 Å². The highest BCUT2D eigenvalue weighted by atomic mass is 32.2. The van der Waals surface area contributed by atoms with Crippen molar-refractivity contribution in [3.63, 3.8) is 0 Å². The third kappa shape index (κ3) is 5.70. The lowest BCUT2D eigenvalue weighted by molar-refractivity contribution is 0.0951. The molecular weight excluding hydrogens is 450 g/mol. The van der Waals surface area contributed by atoms with E-state index in [1.165, 1.54) is 0 Å². The number of carbonyl (C=O) groups excluding carboxylic acids is 2. The van der Waals surface area contributed by atoms with Crippen molar-refractivity contribution in [2.45, 2.75) is 24.4 Å². The van der Waals surface area contributed by atoms with Crippen LogP contribution in [-0.4, -0.2) is 41.3 Å². The molecule has 0 saturated heterocycles. The number of nitrogens with zero attached hydrogens (tertiary/aromatic N) is 1. The molecule has 1 aliphatic rings. The van der Waals surface area contributed by atoms with Gasteiger partial charge in [0.2, 0.25) is 0 Å². The zero-order chi connectivity index (χ0) is 24.1. The maximum Gasteiger partial charge on any atom is 0.322 e. The second kappa shape index (κ2) is 10.6. The summed E-state index contributed by atoms with van der Waals surface area (Å²) in [7, 11) is 1.62. The standard InChI is InChI=1S/C26H27N3O4S/c1-33-22-8-3-19(4-9-22)16-27-25(30)20-7-12-24-21(15-20)17-29(26(31)28-24)14-13-18-5-10-23(11-6-18)34(2)32/h3-12,15H,13-14,16-17H2,1-2H3,(H,27,30)(H,28,31). The van der Waals surface area contributed by atoms with E-state index in [2.05, 4.69) is 10.6 Å². The summed E-state index contributed by atoms with van der Waals surface area (Å²) in [5.74, 6) is 0.598. The smallest absolute Gasteiger partial charge is 0.322 e. The number of nitrogens with one attached hydrogen (secondary N) is 2. The van der Waals surface area contributed by atoms with Gasteiger partial charge in [0.05, 0.1) is 7.11 Å². The second-order valence-electron chi connectivity index (χ2n) is 8.10. The molecule has 4 rings (SSSR count). The summed E-state index contributed by atoms with van der Waals surface area (Å²) in [6.07, 6.45) is 2.33. The molecule has 1 unspecified atom stereocenters. The van der Waals surface area contributed by atoms with Gasteiger partial charge in [0.15, 0.2) is 4.90 Å². The summed E-state index contributed by atoms with van der Waals surface area (Å²) >= 11 is -1.01. The minimum absolute atomic E-state index is 0.157. The molecule has 0 bridgehead atoms. The number of fused-ring (bicyclic) bond motifs is 1. The van der Waals surface area contributed by atoms with Crippen LogP contribution in [0.1, 0.15) is 27.0 Å². The van der Waals surface area contributed by atoms with Crippen molar-refractivity contribution in [2.24, 2.45) is 0 Å². The number of hydrogen-bond acceptors (Lipinski definition) is 4. The first-order valence-corrected chi connectivity index (χ1v) is 12.5. The Morgan fingerprint density at radius 2 is 1.79 bits per heavy atom. The summed E-state index contributed by atoms with van der Waals surface area (Å²) in [6, 6.07) is 20.3. The molecule has 176 valence electrons. The van der Waals surface area contributed by atoms with Gasteiger partial charge in [-0.3, -0.25) is 4.79 Å². The molecule has 3 aromatic carbocycles. The van der Waals surface area contributed by atoms with Gasteiger partial charge in [0.25, 0.3) is 5.91 Å². The minimum Gasteiger partial charge on any atom is -0.612 e. The van der Waals surface area contributed by atoms with Gasteiger partial charge in [-0.1, -0.05) is 24.3 Å². The lowest BCUT2D eigenvalue weighted by atomic mass is 10.0. The van der Waals surface area contributed by atoms with Crippen molar-refractivity contribution >= 4 is 28.8 Å². The van der Waals surface area contributed by atoms with Gasteiger partial charge in [-0.15, -0.1) is 0 Å². The van der Waals surface area contributed by atoms with E-state index >= 15 is 0 Å². The first kappa shape index (κ1) is 23.7. The van der Waals surface area contributed by atoms with E-state index < -0.39 is 11.2 Å². The predicted molar refractivity (Wildman–Crippen MR) is 133 cm³/mol. The summed E-state index contributed by atoms with van der Waals surface area (Å²) in [5, 5.41) is 5.84. The SMILES string of the molecule is COc1ccc(CNC(=O)c2ccc3c(c2)CN(CCc2ccc([S+](C)[O-])cc2)C(=O)N3)cc1. The van der Waals surface area contributed by atoms with Crippen LogP contribution in [0.2, 0.25) is 0 Å². The molecule has 3 aromatic rings. The Kier molecular flexibility index (Phi) is 7.40. The highest BCUT2D eigenvalue weighted by Crippen LogP contribution is 2.25. The Labute approximate surface area is 202 Å². The summed E-state index contributed by atoms with van der Waals surface area (Å²) in [4.78, 5) is 27.7. The van der Waals surface area contributed by atoms with Crippen LogP contribution >= 0.6 is 0 Å². The van der Waals surface area contributed by atoms with E-state index in [1.54, 1.807) is 30.4 Å². The number of urea groups is 1. The van der Waals surface area contributed by atoms with Crippen molar-refractivity contribution in [1.29, 1.82) is 0 Å². The molecule has 0 saturated carbocycles. The molecule has 7 nitrogen and oxygen atoms in total. The van der Waals surface area contributed by atoms with Crippen molar-refractivity contribution < 1.29 is 18.9 Å². The fraction of sp³-hybridized carbons (Fsp3) is 0.231. The number of amides is 3. The van der Waals surface area contributed by atoms with Crippen LogP contribution in [0.15, 0.2) is 71.6 Å². The van der Waals surface area contributed by atoms with Gasteiger partial charge in [0.1, 0.15) is 12.0 Å². The Morgan fingerprint density at radius 1 is 1.09 bits per heavy atom. The molecule has 1 aliphatic heterocycles. The van der Waals surface area contributed by atoms with Gasteiger partial charge >= 0.3 is 6.03 Å². The Bertz CT molecular complexity index is 1160. The van der Waals surface area contributed by atoms with E-state index in [9.17, 15) is 14.1 Å². The molecule has 0 fully saturated rings. The Balaban J connectivity index is 1.37. The van der Waals surface area contributed by atoms with Crippen molar-refractivity contribution in [1.82, 2.24) is 10.2 Å². The second-order valence-corrected chi connectivity index (χ2v) is 9.48. The summed E-state index contributed by atoms with van der Waals surface area (Å²) in [6.45, 7) is 1.37. The van der Waals surface area contributed by atoms with E-state index in [0.29, 0.717) is 31.6 Å². The lowest BCUT2D eigenvalue weighted by Crippen LogP contribution is -2.40. The number of rotatable bonds is 8. The van der Waals surface area contributed by atoms with Crippen LogP contribution in [-0.2, 0) is 30.7 Å². The maximum absolute atomic E-state index is 12.7. The highest BCUT2D eigenvalue weighted by molar-refractivity contribution is 7.90. The number of methoxy groups -OCH3 is 1. The molecule has 0 aliphatic carbocycles. The first-order valence-electron chi connectivity index (χ1n) is 11.0. The van der Waals surface area contributed by atoms with Gasteiger partial charge in [-0.2, -0.15) is 0 Å².